The summed E-state index contributed by atoms with van der Waals surface area (Å²) in [5.74, 6) is 0.347. The summed E-state index contributed by atoms with van der Waals surface area (Å²) >= 11 is 0. The van der Waals surface area contributed by atoms with Gasteiger partial charge in [-0.2, -0.15) is 5.26 Å². The number of likely N-dealkylation sites (tertiary alicyclic amines) is 1. The van der Waals surface area contributed by atoms with E-state index in [2.05, 4.69) is 6.07 Å². The maximum absolute atomic E-state index is 12.6. The van der Waals surface area contributed by atoms with E-state index in [9.17, 15) is 10.1 Å². The number of hydrogen-bond donors (Lipinski definition) is 1. The van der Waals surface area contributed by atoms with E-state index in [1.54, 1.807) is 0 Å². The lowest BCUT2D eigenvalue weighted by Gasteiger charge is -2.39. The van der Waals surface area contributed by atoms with Crippen LogP contribution in [0, 0.1) is 22.7 Å². The summed E-state index contributed by atoms with van der Waals surface area (Å²) < 4.78 is 5.27. The number of aliphatic hydroxyl groups is 1. The van der Waals surface area contributed by atoms with Crippen molar-refractivity contribution in [2.75, 3.05) is 32.9 Å². The highest BCUT2D eigenvalue weighted by Crippen LogP contribution is 2.33. The maximum Gasteiger partial charge on any atom is 0.243 e. The number of carbonyl (C=O) groups excluding carboxylic acids is 1. The van der Waals surface area contributed by atoms with Crippen molar-refractivity contribution in [3.8, 4) is 6.07 Å². The standard InChI is InChI=1S/C14H22N2O3/c15-11-14(4-8-19-9-5-14)13(18)16-6-1-2-12(10-16)3-7-17/h12,17H,1-10H2. The zero-order chi connectivity index (χ0) is 13.7. The molecule has 5 heteroatoms. The van der Waals surface area contributed by atoms with Gasteiger partial charge in [-0.15, -0.1) is 0 Å². The van der Waals surface area contributed by atoms with E-state index in [1.165, 1.54) is 0 Å². The summed E-state index contributed by atoms with van der Waals surface area (Å²) in [7, 11) is 0. The Hall–Kier alpha value is -1.12. The molecule has 0 aromatic rings. The van der Waals surface area contributed by atoms with Crippen LogP contribution in [0.2, 0.25) is 0 Å². The third-order valence-corrected chi connectivity index (χ3v) is 4.31. The van der Waals surface area contributed by atoms with Crippen molar-refractivity contribution in [3.63, 3.8) is 0 Å². The molecule has 0 radical (unpaired) electrons. The number of nitriles is 1. The van der Waals surface area contributed by atoms with Gasteiger partial charge in [-0.25, -0.2) is 0 Å². The number of aliphatic hydroxyl groups excluding tert-OH is 1. The largest absolute Gasteiger partial charge is 0.396 e. The van der Waals surface area contributed by atoms with Gasteiger partial charge in [0.25, 0.3) is 0 Å². The second-order valence-corrected chi connectivity index (χ2v) is 5.58. The molecule has 0 aliphatic carbocycles. The fourth-order valence-corrected chi connectivity index (χ4v) is 3.06. The van der Waals surface area contributed by atoms with E-state index in [0.717, 1.165) is 25.8 Å². The summed E-state index contributed by atoms with van der Waals surface area (Å²) in [6.07, 6.45) is 3.78. The third kappa shape index (κ3) is 3.07. The maximum atomic E-state index is 12.6. The van der Waals surface area contributed by atoms with Gasteiger partial charge in [-0.3, -0.25) is 4.79 Å². The number of piperidine rings is 1. The lowest BCUT2D eigenvalue weighted by Crippen LogP contribution is -2.49. The highest BCUT2D eigenvalue weighted by Gasteiger charge is 2.43. The van der Waals surface area contributed by atoms with Crippen molar-refractivity contribution in [1.29, 1.82) is 5.26 Å². The van der Waals surface area contributed by atoms with Crippen molar-refractivity contribution in [2.24, 2.45) is 11.3 Å². The molecule has 2 heterocycles. The van der Waals surface area contributed by atoms with E-state index in [-0.39, 0.29) is 12.5 Å². The van der Waals surface area contributed by atoms with Crippen LogP contribution in [0.15, 0.2) is 0 Å². The van der Waals surface area contributed by atoms with Crippen LogP contribution in [0.5, 0.6) is 0 Å². The molecule has 1 atom stereocenters. The average Bonchev–Trinajstić information content (AvgIpc) is 2.48. The van der Waals surface area contributed by atoms with Gasteiger partial charge < -0.3 is 14.7 Å². The van der Waals surface area contributed by atoms with Gasteiger partial charge in [0.05, 0.1) is 6.07 Å². The van der Waals surface area contributed by atoms with Crippen LogP contribution in [-0.2, 0) is 9.53 Å². The highest BCUT2D eigenvalue weighted by atomic mass is 16.5. The van der Waals surface area contributed by atoms with E-state index < -0.39 is 5.41 Å². The van der Waals surface area contributed by atoms with Crippen molar-refractivity contribution in [2.45, 2.75) is 32.1 Å². The van der Waals surface area contributed by atoms with Gasteiger partial charge >= 0.3 is 0 Å². The van der Waals surface area contributed by atoms with Gasteiger partial charge in [0, 0.05) is 32.9 Å². The Kier molecular flexibility index (Phi) is 4.78. The first kappa shape index (κ1) is 14.3. The van der Waals surface area contributed by atoms with Crippen molar-refractivity contribution in [1.82, 2.24) is 4.90 Å². The zero-order valence-electron chi connectivity index (χ0n) is 11.3. The molecular weight excluding hydrogens is 244 g/mol. The van der Waals surface area contributed by atoms with Gasteiger partial charge in [-0.1, -0.05) is 0 Å². The van der Waals surface area contributed by atoms with Gasteiger partial charge in [0.15, 0.2) is 0 Å². The number of ether oxygens (including phenoxy) is 1. The molecule has 19 heavy (non-hydrogen) atoms. The lowest BCUT2D eigenvalue weighted by molar-refractivity contribution is -0.145. The molecule has 1 N–H and O–H groups in total. The third-order valence-electron chi connectivity index (χ3n) is 4.31. The summed E-state index contributed by atoms with van der Waals surface area (Å²) in [5.41, 5.74) is -0.876. The summed E-state index contributed by atoms with van der Waals surface area (Å²) in [5, 5.41) is 18.4. The molecule has 0 saturated carbocycles. The molecular formula is C14H22N2O3. The predicted octanol–water partition coefficient (Wildman–Crippen LogP) is 0.928. The summed E-state index contributed by atoms with van der Waals surface area (Å²) in [4.78, 5) is 14.5. The fourth-order valence-electron chi connectivity index (χ4n) is 3.06. The Morgan fingerprint density at radius 1 is 1.47 bits per heavy atom. The molecule has 0 bridgehead atoms. The smallest absolute Gasteiger partial charge is 0.243 e. The van der Waals surface area contributed by atoms with Crippen molar-refractivity contribution in [3.05, 3.63) is 0 Å². The number of amides is 1. The number of carbonyl (C=O) groups is 1. The van der Waals surface area contributed by atoms with Crippen molar-refractivity contribution < 1.29 is 14.6 Å². The predicted molar refractivity (Wildman–Crippen MR) is 69.1 cm³/mol. The molecule has 2 saturated heterocycles. The SMILES string of the molecule is N#CC1(C(=O)N2CCCC(CCO)C2)CCOCC1. The average molecular weight is 266 g/mol. The van der Waals surface area contributed by atoms with Gasteiger partial charge in [-0.05, 0) is 38.0 Å². The minimum Gasteiger partial charge on any atom is -0.396 e. The van der Waals surface area contributed by atoms with Crippen LogP contribution in [0.3, 0.4) is 0 Å². The quantitative estimate of drug-likeness (QED) is 0.824. The minimum absolute atomic E-state index is 0.0269. The number of hydrogen-bond acceptors (Lipinski definition) is 4. The number of nitrogens with zero attached hydrogens (tertiary/aromatic N) is 2. The van der Waals surface area contributed by atoms with Crippen LogP contribution in [0.25, 0.3) is 0 Å². The van der Waals surface area contributed by atoms with E-state index in [0.29, 0.717) is 38.5 Å². The molecule has 2 rings (SSSR count). The first-order chi connectivity index (χ1) is 9.22. The van der Waals surface area contributed by atoms with Crippen LogP contribution >= 0.6 is 0 Å². The molecule has 5 nitrogen and oxygen atoms in total. The first-order valence-corrected chi connectivity index (χ1v) is 7.11. The monoisotopic (exact) mass is 266 g/mol. The molecule has 2 aliphatic heterocycles. The fraction of sp³-hybridized carbons (Fsp3) is 0.857. The number of rotatable bonds is 3. The molecule has 0 aromatic carbocycles. The Labute approximate surface area is 114 Å². The molecule has 1 amide bonds. The van der Waals surface area contributed by atoms with E-state index in [4.69, 9.17) is 9.84 Å². The lowest BCUT2D eigenvalue weighted by atomic mass is 9.79. The van der Waals surface area contributed by atoms with Crippen LogP contribution in [-0.4, -0.2) is 48.8 Å². The molecule has 2 fully saturated rings. The summed E-state index contributed by atoms with van der Waals surface area (Å²) in [6.45, 7) is 2.58. The van der Waals surface area contributed by atoms with Crippen LogP contribution in [0.1, 0.15) is 32.1 Å². The molecule has 1 unspecified atom stereocenters. The Bertz CT molecular complexity index is 356. The topological polar surface area (TPSA) is 73.6 Å². The van der Waals surface area contributed by atoms with Crippen LogP contribution in [0.4, 0.5) is 0 Å². The summed E-state index contributed by atoms with van der Waals surface area (Å²) in [6, 6.07) is 2.24. The van der Waals surface area contributed by atoms with E-state index >= 15 is 0 Å². The molecule has 0 aromatic heterocycles. The normalized spacial score (nSPS) is 26.7. The van der Waals surface area contributed by atoms with Crippen LogP contribution < -0.4 is 0 Å². The second-order valence-electron chi connectivity index (χ2n) is 5.58. The Balaban J connectivity index is 2.03. The zero-order valence-corrected chi connectivity index (χ0v) is 11.3. The van der Waals surface area contributed by atoms with Gasteiger partial charge in [0.2, 0.25) is 5.91 Å². The van der Waals surface area contributed by atoms with Crippen molar-refractivity contribution >= 4 is 5.91 Å². The Morgan fingerprint density at radius 3 is 2.84 bits per heavy atom. The Morgan fingerprint density at radius 2 is 2.21 bits per heavy atom. The van der Waals surface area contributed by atoms with E-state index in [1.807, 2.05) is 4.90 Å². The molecule has 0 spiro atoms. The minimum atomic E-state index is -0.876. The molecule has 106 valence electrons. The molecule has 2 aliphatic rings. The van der Waals surface area contributed by atoms with Gasteiger partial charge in [0.1, 0.15) is 5.41 Å². The highest BCUT2D eigenvalue weighted by molar-refractivity contribution is 5.85. The first-order valence-electron chi connectivity index (χ1n) is 7.11. The second kappa shape index (κ2) is 6.36.